The number of hydrogen-bond acceptors (Lipinski definition) is 5. The summed E-state index contributed by atoms with van der Waals surface area (Å²) in [5, 5.41) is 9.19. The third-order valence-electron chi connectivity index (χ3n) is 3.72. The van der Waals surface area contributed by atoms with Crippen LogP contribution in [0.5, 0.6) is 0 Å². The van der Waals surface area contributed by atoms with E-state index in [1.807, 2.05) is 6.92 Å². The van der Waals surface area contributed by atoms with Gasteiger partial charge in [-0.25, -0.2) is 14.8 Å². The fourth-order valence-corrected chi connectivity index (χ4v) is 2.49. The topological polar surface area (TPSA) is 75.5 Å². The van der Waals surface area contributed by atoms with Gasteiger partial charge in [-0.05, 0) is 20.3 Å². The predicted octanol–water partition coefficient (Wildman–Crippen LogP) is 1.91. The van der Waals surface area contributed by atoms with Crippen LogP contribution < -0.4 is 0 Å². The van der Waals surface area contributed by atoms with Crippen LogP contribution >= 0.6 is 0 Å². The van der Waals surface area contributed by atoms with Crippen LogP contribution in [-0.4, -0.2) is 51.7 Å². The highest BCUT2D eigenvalue weighted by Crippen LogP contribution is 2.21. The Morgan fingerprint density at radius 3 is 2.95 bits per heavy atom. The zero-order chi connectivity index (χ0) is 15.4. The molecule has 1 N–H and O–H groups in total. The Bertz CT molecular complexity index is 505. The van der Waals surface area contributed by atoms with Gasteiger partial charge in [0.05, 0.1) is 17.9 Å². The van der Waals surface area contributed by atoms with E-state index in [2.05, 4.69) is 28.7 Å². The van der Waals surface area contributed by atoms with E-state index in [9.17, 15) is 9.90 Å². The van der Waals surface area contributed by atoms with Gasteiger partial charge in [0.2, 0.25) is 0 Å². The molecule has 0 saturated carbocycles. The van der Waals surface area contributed by atoms with Gasteiger partial charge in [0, 0.05) is 25.3 Å². The number of aromatic nitrogens is 2. The van der Waals surface area contributed by atoms with Gasteiger partial charge in [-0.3, -0.25) is 4.90 Å². The van der Waals surface area contributed by atoms with Crippen molar-refractivity contribution in [2.75, 3.05) is 19.7 Å². The number of aromatic carboxylic acids is 1. The second-order valence-electron chi connectivity index (χ2n) is 5.59. The Labute approximate surface area is 125 Å². The maximum atomic E-state index is 11.2. The van der Waals surface area contributed by atoms with Crippen LogP contribution in [-0.2, 0) is 11.2 Å². The third-order valence-corrected chi connectivity index (χ3v) is 3.72. The van der Waals surface area contributed by atoms with Crippen molar-refractivity contribution < 1.29 is 14.6 Å². The smallest absolute Gasteiger partial charge is 0.339 e. The average molecular weight is 293 g/mol. The fourth-order valence-electron chi connectivity index (χ4n) is 2.49. The van der Waals surface area contributed by atoms with Crippen LogP contribution in [0.3, 0.4) is 0 Å². The van der Waals surface area contributed by atoms with Gasteiger partial charge < -0.3 is 9.84 Å². The molecule has 6 heteroatoms. The normalized spacial score (nSPS) is 19.9. The summed E-state index contributed by atoms with van der Waals surface area (Å²) < 4.78 is 5.76. The number of nitrogens with zero attached hydrogens (tertiary/aromatic N) is 3. The van der Waals surface area contributed by atoms with E-state index in [0.717, 1.165) is 19.5 Å². The molecule has 1 saturated heterocycles. The molecular formula is C15H23N3O3. The van der Waals surface area contributed by atoms with E-state index < -0.39 is 5.97 Å². The van der Waals surface area contributed by atoms with Gasteiger partial charge in [-0.1, -0.05) is 13.3 Å². The summed E-state index contributed by atoms with van der Waals surface area (Å²) in [4.78, 5) is 22.2. The molecule has 1 fully saturated rings. The molecule has 1 aromatic rings. The van der Waals surface area contributed by atoms with E-state index in [1.165, 1.54) is 6.20 Å². The number of rotatable bonds is 5. The summed E-state index contributed by atoms with van der Waals surface area (Å²) in [5.74, 6) is -0.382. The Hall–Kier alpha value is -1.53. The third kappa shape index (κ3) is 3.77. The van der Waals surface area contributed by atoms with E-state index in [4.69, 9.17) is 4.74 Å². The van der Waals surface area contributed by atoms with E-state index in [0.29, 0.717) is 30.6 Å². The molecule has 0 spiro atoms. The first-order valence-electron chi connectivity index (χ1n) is 7.47. The number of carbonyl (C=O) groups is 1. The van der Waals surface area contributed by atoms with E-state index >= 15 is 0 Å². The van der Waals surface area contributed by atoms with Crippen molar-refractivity contribution in [1.29, 1.82) is 0 Å². The number of hydrogen-bond donors (Lipinski definition) is 1. The summed E-state index contributed by atoms with van der Waals surface area (Å²) in [6.07, 6.45) is 2.71. The summed E-state index contributed by atoms with van der Waals surface area (Å²) in [5.41, 5.74) is 0.789. The standard InChI is InChI=1S/C15H23N3O3/c1-4-5-12-11(15(19)20)8-16-14(17-12)13-9-18(10(2)3)6-7-21-13/h8,10,13H,4-7,9H2,1-3H3,(H,19,20). The second-order valence-corrected chi connectivity index (χ2v) is 5.59. The lowest BCUT2D eigenvalue weighted by atomic mass is 10.1. The van der Waals surface area contributed by atoms with Gasteiger partial charge in [0.25, 0.3) is 0 Å². The number of carboxylic acid groups (broad SMARTS) is 1. The average Bonchev–Trinajstić information content (AvgIpc) is 2.47. The number of ether oxygens (including phenoxy) is 1. The van der Waals surface area contributed by atoms with E-state index in [1.54, 1.807) is 0 Å². The molecule has 0 bridgehead atoms. The minimum Gasteiger partial charge on any atom is -0.478 e. The molecule has 2 heterocycles. The van der Waals surface area contributed by atoms with Gasteiger partial charge in [0.15, 0.2) is 5.82 Å². The molecule has 0 radical (unpaired) electrons. The number of carboxylic acids is 1. The van der Waals surface area contributed by atoms with Crippen molar-refractivity contribution >= 4 is 5.97 Å². The summed E-state index contributed by atoms with van der Waals surface area (Å²) >= 11 is 0. The lowest BCUT2D eigenvalue weighted by Crippen LogP contribution is -2.42. The minimum atomic E-state index is -0.974. The molecule has 1 aromatic heterocycles. The van der Waals surface area contributed by atoms with Crippen molar-refractivity contribution in [3.8, 4) is 0 Å². The van der Waals surface area contributed by atoms with Crippen LogP contribution in [0.4, 0.5) is 0 Å². The van der Waals surface area contributed by atoms with Gasteiger partial charge >= 0.3 is 5.97 Å². The van der Waals surface area contributed by atoms with Gasteiger partial charge in [-0.15, -0.1) is 0 Å². The Morgan fingerprint density at radius 1 is 1.57 bits per heavy atom. The monoisotopic (exact) mass is 293 g/mol. The number of aryl methyl sites for hydroxylation is 1. The highest BCUT2D eigenvalue weighted by Gasteiger charge is 2.26. The zero-order valence-corrected chi connectivity index (χ0v) is 12.9. The summed E-state index contributed by atoms with van der Waals surface area (Å²) in [7, 11) is 0. The van der Waals surface area contributed by atoms with Crippen molar-refractivity contribution in [1.82, 2.24) is 14.9 Å². The Balaban J connectivity index is 2.23. The van der Waals surface area contributed by atoms with Gasteiger partial charge in [-0.2, -0.15) is 0 Å². The molecule has 0 aliphatic carbocycles. The second kappa shape index (κ2) is 6.95. The predicted molar refractivity (Wildman–Crippen MR) is 78.4 cm³/mol. The van der Waals surface area contributed by atoms with Crippen molar-refractivity contribution in [3.05, 3.63) is 23.3 Å². The zero-order valence-electron chi connectivity index (χ0n) is 12.9. The van der Waals surface area contributed by atoms with Crippen LogP contribution in [0.1, 0.15) is 55.2 Å². The molecule has 6 nitrogen and oxygen atoms in total. The van der Waals surface area contributed by atoms with Crippen LogP contribution in [0.15, 0.2) is 6.20 Å². The number of morpholine rings is 1. The molecular weight excluding hydrogens is 270 g/mol. The molecule has 0 aromatic carbocycles. The molecule has 1 unspecified atom stereocenters. The first kappa shape index (κ1) is 15.9. The molecule has 21 heavy (non-hydrogen) atoms. The highest BCUT2D eigenvalue weighted by atomic mass is 16.5. The fraction of sp³-hybridized carbons (Fsp3) is 0.667. The largest absolute Gasteiger partial charge is 0.478 e. The first-order chi connectivity index (χ1) is 10.0. The maximum Gasteiger partial charge on any atom is 0.339 e. The minimum absolute atomic E-state index is 0.181. The van der Waals surface area contributed by atoms with Crippen molar-refractivity contribution in [3.63, 3.8) is 0 Å². The van der Waals surface area contributed by atoms with Crippen molar-refractivity contribution in [2.24, 2.45) is 0 Å². The summed E-state index contributed by atoms with van der Waals surface area (Å²) in [6.45, 7) is 8.61. The SMILES string of the molecule is CCCc1nc(C2CN(C(C)C)CCO2)ncc1C(=O)O. The van der Waals surface area contributed by atoms with E-state index in [-0.39, 0.29) is 11.7 Å². The van der Waals surface area contributed by atoms with Crippen LogP contribution in [0, 0.1) is 0 Å². The lowest BCUT2D eigenvalue weighted by Gasteiger charge is -2.34. The quantitative estimate of drug-likeness (QED) is 0.893. The highest BCUT2D eigenvalue weighted by molar-refractivity contribution is 5.88. The maximum absolute atomic E-state index is 11.2. The molecule has 116 valence electrons. The lowest BCUT2D eigenvalue weighted by molar-refractivity contribution is -0.0444. The first-order valence-corrected chi connectivity index (χ1v) is 7.47. The van der Waals surface area contributed by atoms with Crippen LogP contribution in [0.2, 0.25) is 0 Å². The summed E-state index contributed by atoms with van der Waals surface area (Å²) in [6, 6.07) is 0.449. The molecule has 1 atom stereocenters. The molecule has 1 aliphatic heterocycles. The Kier molecular flexibility index (Phi) is 5.25. The Morgan fingerprint density at radius 2 is 2.33 bits per heavy atom. The molecule has 0 amide bonds. The van der Waals surface area contributed by atoms with Gasteiger partial charge in [0.1, 0.15) is 6.10 Å². The van der Waals surface area contributed by atoms with Crippen LogP contribution in [0.25, 0.3) is 0 Å². The molecule has 1 aliphatic rings. The molecule has 2 rings (SSSR count). The van der Waals surface area contributed by atoms with Crippen molar-refractivity contribution in [2.45, 2.75) is 45.8 Å².